The average Bonchev–Trinajstić information content (AvgIpc) is 2.99. The lowest BCUT2D eigenvalue weighted by molar-refractivity contribution is 0.0661. The highest BCUT2D eigenvalue weighted by atomic mass is 32.1. The van der Waals surface area contributed by atoms with Crippen molar-refractivity contribution in [2.75, 3.05) is 19.6 Å². The molecule has 1 aliphatic rings. The number of hydrogen-bond acceptors (Lipinski definition) is 4. The number of carbonyl (C=O) groups is 1. The van der Waals surface area contributed by atoms with Gasteiger partial charge in [0.2, 0.25) is 0 Å². The molecule has 1 amide bonds. The van der Waals surface area contributed by atoms with Crippen molar-refractivity contribution in [3.05, 3.63) is 16.6 Å². The summed E-state index contributed by atoms with van der Waals surface area (Å²) in [6.07, 6.45) is 0. The molecule has 6 heteroatoms. The van der Waals surface area contributed by atoms with E-state index in [-0.39, 0.29) is 11.9 Å². The number of aryl methyl sites for hydroxylation is 1. The summed E-state index contributed by atoms with van der Waals surface area (Å²) >= 11 is 1.55. The Hall–Kier alpha value is -1.40. The molecule has 1 saturated heterocycles. The Bertz CT molecular complexity index is 673. The summed E-state index contributed by atoms with van der Waals surface area (Å²) < 4.78 is 1.90. The van der Waals surface area contributed by atoms with Crippen molar-refractivity contribution in [3.63, 3.8) is 0 Å². The number of piperazine rings is 1. The van der Waals surface area contributed by atoms with E-state index in [1.54, 1.807) is 11.3 Å². The van der Waals surface area contributed by atoms with Crippen LogP contribution in [0.15, 0.2) is 6.07 Å². The lowest BCUT2D eigenvalue weighted by Gasteiger charge is -2.33. The van der Waals surface area contributed by atoms with E-state index in [9.17, 15) is 4.79 Å². The van der Waals surface area contributed by atoms with Gasteiger partial charge in [0, 0.05) is 38.1 Å². The van der Waals surface area contributed by atoms with Crippen molar-refractivity contribution in [3.8, 4) is 0 Å². The van der Waals surface area contributed by atoms with Crippen LogP contribution in [0.4, 0.5) is 0 Å². The maximum absolute atomic E-state index is 12.7. The van der Waals surface area contributed by atoms with Gasteiger partial charge in [0.15, 0.2) is 0 Å². The summed E-state index contributed by atoms with van der Waals surface area (Å²) in [5.41, 5.74) is 1.08. The molecular formula is C15H22N4OS. The first-order valence-electron chi connectivity index (χ1n) is 7.47. The number of rotatable bonds is 2. The third kappa shape index (κ3) is 2.46. The molecule has 0 aromatic carbocycles. The molecule has 2 aromatic heterocycles. The van der Waals surface area contributed by atoms with Gasteiger partial charge in [-0.3, -0.25) is 9.48 Å². The molecule has 21 heavy (non-hydrogen) atoms. The molecular weight excluding hydrogens is 284 g/mol. The molecule has 2 aromatic rings. The fraction of sp³-hybridized carbons (Fsp3) is 0.600. The maximum atomic E-state index is 12.7. The highest BCUT2D eigenvalue weighted by Gasteiger charge is 2.26. The van der Waals surface area contributed by atoms with E-state index in [1.807, 2.05) is 22.7 Å². The molecule has 3 heterocycles. The zero-order valence-electron chi connectivity index (χ0n) is 13.0. The lowest BCUT2D eigenvalue weighted by Crippen LogP contribution is -2.52. The smallest absolute Gasteiger partial charge is 0.264 e. The van der Waals surface area contributed by atoms with Gasteiger partial charge in [0.05, 0.1) is 10.6 Å². The molecule has 3 rings (SSSR count). The van der Waals surface area contributed by atoms with Gasteiger partial charge in [-0.15, -0.1) is 11.3 Å². The number of fused-ring (bicyclic) bond motifs is 1. The average molecular weight is 306 g/mol. The maximum Gasteiger partial charge on any atom is 0.264 e. The zero-order chi connectivity index (χ0) is 15.1. The van der Waals surface area contributed by atoms with Crippen LogP contribution in [0.1, 0.15) is 42.1 Å². The first-order valence-corrected chi connectivity index (χ1v) is 8.28. The molecule has 1 aliphatic heterocycles. The largest absolute Gasteiger partial charge is 0.333 e. The Labute approximate surface area is 128 Å². The first-order chi connectivity index (χ1) is 9.99. The Morgan fingerprint density at radius 1 is 1.52 bits per heavy atom. The molecule has 0 unspecified atom stereocenters. The van der Waals surface area contributed by atoms with Crippen LogP contribution in [0, 0.1) is 0 Å². The molecule has 114 valence electrons. The number of nitrogens with zero attached hydrogens (tertiary/aromatic N) is 3. The van der Waals surface area contributed by atoms with Crippen LogP contribution >= 0.6 is 11.3 Å². The van der Waals surface area contributed by atoms with E-state index in [4.69, 9.17) is 0 Å². The summed E-state index contributed by atoms with van der Waals surface area (Å²) in [5, 5.41) is 9.02. The van der Waals surface area contributed by atoms with E-state index >= 15 is 0 Å². The minimum absolute atomic E-state index is 0.153. The van der Waals surface area contributed by atoms with Crippen LogP contribution in [0.5, 0.6) is 0 Å². The fourth-order valence-electron chi connectivity index (χ4n) is 2.88. The quantitative estimate of drug-likeness (QED) is 0.925. The Kier molecular flexibility index (Phi) is 3.75. The van der Waals surface area contributed by atoms with Gasteiger partial charge in [-0.1, -0.05) is 13.8 Å². The summed E-state index contributed by atoms with van der Waals surface area (Å²) in [6, 6.07) is 2.28. The SMILES string of the molecule is CC(C)c1nn(C)c2sc(C(=O)N3CCNC[C@H]3C)cc12. The second-order valence-corrected chi connectivity index (χ2v) is 7.08. The predicted molar refractivity (Wildman–Crippen MR) is 86.0 cm³/mol. The molecule has 1 atom stereocenters. The third-order valence-corrected chi connectivity index (χ3v) is 5.25. The zero-order valence-corrected chi connectivity index (χ0v) is 13.8. The minimum Gasteiger partial charge on any atom is -0.333 e. The normalized spacial score (nSPS) is 19.7. The molecule has 0 radical (unpaired) electrons. The van der Waals surface area contributed by atoms with E-state index in [2.05, 4.69) is 31.2 Å². The molecule has 0 bridgehead atoms. The van der Waals surface area contributed by atoms with Crippen LogP contribution in [0.3, 0.4) is 0 Å². The van der Waals surface area contributed by atoms with E-state index in [0.717, 1.165) is 40.4 Å². The highest BCUT2D eigenvalue weighted by Crippen LogP contribution is 2.32. The fourth-order valence-corrected chi connectivity index (χ4v) is 3.92. The van der Waals surface area contributed by atoms with Crippen molar-refractivity contribution in [1.29, 1.82) is 0 Å². The van der Waals surface area contributed by atoms with Gasteiger partial charge in [0.1, 0.15) is 4.83 Å². The summed E-state index contributed by atoms with van der Waals surface area (Å²) in [7, 11) is 1.95. The minimum atomic E-state index is 0.153. The lowest BCUT2D eigenvalue weighted by atomic mass is 10.1. The molecule has 1 N–H and O–H groups in total. The van der Waals surface area contributed by atoms with E-state index in [0.29, 0.717) is 5.92 Å². The number of hydrogen-bond donors (Lipinski definition) is 1. The monoisotopic (exact) mass is 306 g/mol. The number of carbonyl (C=O) groups excluding carboxylic acids is 1. The molecule has 0 saturated carbocycles. The number of nitrogens with one attached hydrogen (secondary N) is 1. The summed E-state index contributed by atoms with van der Waals surface area (Å²) in [5.74, 6) is 0.518. The third-order valence-electron chi connectivity index (χ3n) is 4.06. The number of thiophene rings is 1. The second kappa shape index (κ2) is 5.42. The highest BCUT2D eigenvalue weighted by molar-refractivity contribution is 7.20. The first kappa shape index (κ1) is 14.5. The number of amides is 1. The van der Waals surface area contributed by atoms with Crippen molar-refractivity contribution in [1.82, 2.24) is 20.0 Å². The Morgan fingerprint density at radius 2 is 2.29 bits per heavy atom. The Morgan fingerprint density at radius 3 is 2.95 bits per heavy atom. The second-order valence-electron chi connectivity index (χ2n) is 6.04. The molecule has 0 spiro atoms. The van der Waals surface area contributed by atoms with Gasteiger partial charge in [-0.25, -0.2) is 0 Å². The van der Waals surface area contributed by atoms with Crippen LogP contribution in [-0.2, 0) is 7.05 Å². The van der Waals surface area contributed by atoms with Gasteiger partial charge in [-0.05, 0) is 18.9 Å². The van der Waals surface area contributed by atoms with Crippen LogP contribution < -0.4 is 5.32 Å². The standard InChI is InChI=1S/C15H22N4OS/c1-9(2)13-11-7-12(21-15(11)18(4)17-13)14(20)19-6-5-16-8-10(19)3/h7,9-10,16H,5-6,8H2,1-4H3/t10-/m1/s1. The van der Waals surface area contributed by atoms with Crippen LogP contribution in [0.25, 0.3) is 10.2 Å². The topological polar surface area (TPSA) is 50.2 Å². The predicted octanol–water partition coefficient (Wildman–Crippen LogP) is 2.19. The summed E-state index contributed by atoms with van der Waals surface area (Å²) in [4.78, 5) is 16.6. The number of aromatic nitrogens is 2. The van der Waals surface area contributed by atoms with Gasteiger partial charge >= 0.3 is 0 Å². The van der Waals surface area contributed by atoms with Crippen molar-refractivity contribution in [2.24, 2.45) is 7.05 Å². The van der Waals surface area contributed by atoms with E-state index in [1.165, 1.54) is 0 Å². The van der Waals surface area contributed by atoms with Crippen molar-refractivity contribution >= 4 is 27.5 Å². The summed E-state index contributed by atoms with van der Waals surface area (Å²) in [6.45, 7) is 8.90. The van der Waals surface area contributed by atoms with Crippen molar-refractivity contribution in [2.45, 2.75) is 32.7 Å². The molecule has 0 aliphatic carbocycles. The van der Waals surface area contributed by atoms with Gasteiger partial charge in [0.25, 0.3) is 5.91 Å². The molecule has 1 fully saturated rings. The van der Waals surface area contributed by atoms with Crippen LogP contribution in [0.2, 0.25) is 0 Å². The molecule has 5 nitrogen and oxygen atoms in total. The Balaban J connectivity index is 1.97. The van der Waals surface area contributed by atoms with Gasteiger partial charge in [-0.2, -0.15) is 5.10 Å². The van der Waals surface area contributed by atoms with E-state index < -0.39 is 0 Å². The van der Waals surface area contributed by atoms with Gasteiger partial charge < -0.3 is 10.2 Å². The van der Waals surface area contributed by atoms with Crippen molar-refractivity contribution < 1.29 is 4.79 Å². The van der Waals surface area contributed by atoms with Crippen LogP contribution in [-0.4, -0.2) is 46.3 Å².